The zero-order valence-electron chi connectivity index (χ0n) is 20.1. The second-order valence-electron chi connectivity index (χ2n) is 9.65. The summed E-state index contributed by atoms with van der Waals surface area (Å²) in [5, 5.41) is 2.88. The van der Waals surface area contributed by atoms with Gasteiger partial charge in [0.1, 0.15) is 12.1 Å². The number of hydrogen-bond acceptors (Lipinski definition) is 5. The van der Waals surface area contributed by atoms with E-state index in [1.54, 1.807) is 58.3 Å². The van der Waals surface area contributed by atoms with Crippen molar-refractivity contribution in [1.82, 2.24) is 15.1 Å². The Hall–Kier alpha value is -3.52. The molecule has 3 atom stereocenters. The molecule has 3 N–H and O–H groups in total. The summed E-state index contributed by atoms with van der Waals surface area (Å²) in [6, 6.07) is 14.0. The standard InChI is InChI=1S/C27H32N4O4/c1-17(2)14-21(29-25(33)19-10-8-18(15-28)9-11-19)27(35)30-13-12-22-24(30)23(32)16-31(22)26(34)20-6-4-3-5-7-20/h3-11,17,21-22,24H,12-16,28H2,1-2H3,(H,29,33)/t21-,22?,24?/m0/s1. The average Bonchev–Trinajstić information content (AvgIpc) is 3.44. The van der Waals surface area contributed by atoms with E-state index >= 15 is 0 Å². The zero-order chi connectivity index (χ0) is 25.1. The predicted molar refractivity (Wildman–Crippen MR) is 131 cm³/mol. The van der Waals surface area contributed by atoms with Gasteiger partial charge in [-0.2, -0.15) is 0 Å². The topological polar surface area (TPSA) is 113 Å². The van der Waals surface area contributed by atoms with Crippen molar-refractivity contribution in [3.63, 3.8) is 0 Å². The van der Waals surface area contributed by atoms with Gasteiger partial charge in [0.25, 0.3) is 11.8 Å². The van der Waals surface area contributed by atoms with E-state index in [-0.39, 0.29) is 42.0 Å². The van der Waals surface area contributed by atoms with Crippen LogP contribution in [0.3, 0.4) is 0 Å². The number of likely N-dealkylation sites (tertiary alicyclic amines) is 2. The molecule has 2 aromatic rings. The van der Waals surface area contributed by atoms with Crippen LogP contribution in [0.4, 0.5) is 0 Å². The summed E-state index contributed by atoms with van der Waals surface area (Å²) in [4.78, 5) is 55.7. The Morgan fingerprint density at radius 2 is 1.69 bits per heavy atom. The molecule has 0 aliphatic carbocycles. The lowest BCUT2D eigenvalue weighted by Crippen LogP contribution is -2.53. The molecule has 0 spiro atoms. The van der Waals surface area contributed by atoms with Gasteiger partial charge in [0.05, 0.1) is 12.6 Å². The molecule has 2 saturated heterocycles. The van der Waals surface area contributed by atoms with Gasteiger partial charge in [-0.3, -0.25) is 19.2 Å². The number of nitrogens with two attached hydrogens (primary N) is 1. The van der Waals surface area contributed by atoms with E-state index in [0.29, 0.717) is 37.1 Å². The third-order valence-electron chi connectivity index (χ3n) is 6.75. The van der Waals surface area contributed by atoms with Gasteiger partial charge >= 0.3 is 0 Å². The molecule has 0 aromatic heterocycles. The van der Waals surface area contributed by atoms with Gasteiger partial charge in [0.15, 0.2) is 5.78 Å². The highest BCUT2D eigenvalue weighted by atomic mass is 16.2. The SMILES string of the molecule is CC(C)C[C@H](NC(=O)c1ccc(CN)cc1)C(=O)N1CCC2C1C(=O)CN2C(=O)c1ccccc1. The van der Waals surface area contributed by atoms with E-state index < -0.39 is 12.1 Å². The van der Waals surface area contributed by atoms with Crippen molar-refractivity contribution >= 4 is 23.5 Å². The minimum absolute atomic E-state index is 0.0124. The molecular formula is C27H32N4O4. The van der Waals surface area contributed by atoms with E-state index in [1.165, 1.54) is 0 Å². The lowest BCUT2D eigenvalue weighted by atomic mass is 10.0. The number of ketones is 1. The summed E-state index contributed by atoms with van der Waals surface area (Å²) in [6.07, 6.45) is 0.976. The Labute approximate surface area is 205 Å². The monoisotopic (exact) mass is 476 g/mol. The summed E-state index contributed by atoms with van der Waals surface area (Å²) in [6.45, 7) is 4.70. The maximum atomic E-state index is 13.6. The Bertz CT molecular complexity index is 1100. The van der Waals surface area contributed by atoms with Crippen molar-refractivity contribution in [3.8, 4) is 0 Å². The largest absolute Gasteiger partial charge is 0.340 e. The molecule has 8 heteroatoms. The minimum atomic E-state index is -0.762. The van der Waals surface area contributed by atoms with Gasteiger partial charge in [-0.1, -0.05) is 44.2 Å². The normalized spacial score (nSPS) is 20.2. The van der Waals surface area contributed by atoms with Crippen molar-refractivity contribution < 1.29 is 19.2 Å². The van der Waals surface area contributed by atoms with Gasteiger partial charge in [0.2, 0.25) is 5.91 Å². The fourth-order valence-electron chi connectivity index (χ4n) is 5.01. The fraction of sp³-hybridized carbons (Fsp3) is 0.407. The Kier molecular flexibility index (Phi) is 7.31. The molecule has 2 aliphatic rings. The van der Waals surface area contributed by atoms with Crippen LogP contribution < -0.4 is 11.1 Å². The summed E-state index contributed by atoms with van der Waals surface area (Å²) < 4.78 is 0. The lowest BCUT2D eigenvalue weighted by Gasteiger charge is -2.29. The van der Waals surface area contributed by atoms with E-state index in [9.17, 15) is 19.2 Å². The first kappa shape index (κ1) is 24.6. The molecule has 184 valence electrons. The lowest BCUT2D eigenvalue weighted by molar-refractivity contribution is -0.138. The second-order valence-corrected chi connectivity index (χ2v) is 9.65. The van der Waals surface area contributed by atoms with Crippen LogP contribution in [0.5, 0.6) is 0 Å². The fourth-order valence-corrected chi connectivity index (χ4v) is 5.01. The first-order valence-corrected chi connectivity index (χ1v) is 12.1. The van der Waals surface area contributed by atoms with Gasteiger partial charge < -0.3 is 20.9 Å². The minimum Gasteiger partial charge on any atom is -0.340 e. The summed E-state index contributed by atoms with van der Waals surface area (Å²) >= 11 is 0. The molecular weight excluding hydrogens is 444 g/mol. The van der Waals surface area contributed by atoms with Crippen molar-refractivity contribution in [1.29, 1.82) is 0 Å². The van der Waals surface area contributed by atoms with Crippen molar-refractivity contribution in [2.24, 2.45) is 11.7 Å². The zero-order valence-corrected chi connectivity index (χ0v) is 20.1. The van der Waals surface area contributed by atoms with E-state index in [2.05, 4.69) is 5.32 Å². The van der Waals surface area contributed by atoms with Gasteiger partial charge in [0, 0.05) is 24.2 Å². The van der Waals surface area contributed by atoms with Crippen LogP contribution in [0, 0.1) is 5.92 Å². The number of Topliss-reactive ketones (excluding diaryl/α,β-unsaturated/α-hetero) is 1. The second kappa shape index (κ2) is 10.4. The van der Waals surface area contributed by atoms with Crippen molar-refractivity contribution in [2.75, 3.05) is 13.1 Å². The van der Waals surface area contributed by atoms with Crippen LogP contribution in [0.25, 0.3) is 0 Å². The molecule has 35 heavy (non-hydrogen) atoms. The predicted octanol–water partition coefficient (Wildman–Crippen LogP) is 1.98. The number of rotatable bonds is 7. The van der Waals surface area contributed by atoms with Crippen LogP contribution in [-0.2, 0) is 16.1 Å². The van der Waals surface area contributed by atoms with Crippen molar-refractivity contribution in [2.45, 2.75) is 51.4 Å². The summed E-state index contributed by atoms with van der Waals surface area (Å²) in [5.41, 5.74) is 7.51. The number of nitrogens with one attached hydrogen (secondary N) is 1. The van der Waals surface area contributed by atoms with Crippen LogP contribution in [-0.4, -0.2) is 64.5 Å². The number of benzene rings is 2. The Morgan fingerprint density at radius 3 is 2.31 bits per heavy atom. The van der Waals surface area contributed by atoms with E-state index in [1.807, 2.05) is 19.9 Å². The molecule has 0 bridgehead atoms. The molecule has 8 nitrogen and oxygen atoms in total. The third-order valence-corrected chi connectivity index (χ3v) is 6.75. The van der Waals surface area contributed by atoms with E-state index in [0.717, 1.165) is 5.56 Å². The van der Waals surface area contributed by atoms with Crippen LogP contribution in [0.1, 0.15) is 53.0 Å². The molecule has 0 radical (unpaired) electrons. The Morgan fingerprint density at radius 1 is 1.00 bits per heavy atom. The highest BCUT2D eigenvalue weighted by Gasteiger charge is 2.52. The van der Waals surface area contributed by atoms with Crippen LogP contribution in [0.15, 0.2) is 54.6 Å². The number of amides is 3. The first-order chi connectivity index (χ1) is 16.8. The Balaban J connectivity index is 1.50. The highest BCUT2D eigenvalue weighted by molar-refractivity contribution is 6.03. The quantitative estimate of drug-likeness (QED) is 0.635. The number of nitrogens with zero attached hydrogens (tertiary/aromatic N) is 2. The summed E-state index contributed by atoms with van der Waals surface area (Å²) in [7, 11) is 0. The molecule has 2 heterocycles. The van der Waals surface area contributed by atoms with Crippen LogP contribution in [0.2, 0.25) is 0 Å². The van der Waals surface area contributed by atoms with E-state index in [4.69, 9.17) is 5.73 Å². The number of hydrogen-bond donors (Lipinski definition) is 2. The third kappa shape index (κ3) is 5.12. The molecule has 2 aliphatic heterocycles. The molecule has 0 saturated carbocycles. The maximum absolute atomic E-state index is 13.6. The maximum Gasteiger partial charge on any atom is 0.254 e. The number of carbonyl (C=O) groups is 4. The van der Waals surface area contributed by atoms with Gasteiger partial charge in [-0.15, -0.1) is 0 Å². The van der Waals surface area contributed by atoms with Gasteiger partial charge in [-0.05, 0) is 48.6 Å². The molecule has 4 rings (SSSR count). The average molecular weight is 477 g/mol. The van der Waals surface area contributed by atoms with Crippen molar-refractivity contribution in [3.05, 3.63) is 71.3 Å². The molecule has 3 amide bonds. The molecule has 2 unspecified atom stereocenters. The molecule has 2 fully saturated rings. The first-order valence-electron chi connectivity index (χ1n) is 12.1. The number of fused-ring (bicyclic) bond motifs is 1. The smallest absolute Gasteiger partial charge is 0.254 e. The van der Waals surface area contributed by atoms with Gasteiger partial charge in [-0.25, -0.2) is 0 Å². The summed E-state index contributed by atoms with van der Waals surface area (Å²) in [5.74, 6) is -0.814. The van der Waals surface area contributed by atoms with Crippen LogP contribution >= 0.6 is 0 Å². The molecule has 2 aromatic carbocycles. The highest BCUT2D eigenvalue weighted by Crippen LogP contribution is 2.31. The number of carbonyl (C=O) groups excluding carboxylic acids is 4.